The van der Waals surface area contributed by atoms with Gasteiger partial charge in [0.05, 0.1) is 4.90 Å². The van der Waals surface area contributed by atoms with E-state index in [0.29, 0.717) is 18.7 Å². The molecule has 0 unspecified atom stereocenters. The fourth-order valence-electron chi connectivity index (χ4n) is 2.35. The minimum atomic E-state index is -3.53. The predicted molar refractivity (Wildman–Crippen MR) is 88.0 cm³/mol. The summed E-state index contributed by atoms with van der Waals surface area (Å²) in [4.78, 5) is 3.46. The number of H-pyrrole nitrogens is 1. The Morgan fingerprint density at radius 3 is 2.64 bits per heavy atom. The molecule has 0 spiro atoms. The van der Waals surface area contributed by atoms with Gasteiger partial charge in [-0.05, 0) is 35.7 Å². The van der Waals surface area contributed by atoms with Gasteiger partial charge in [0.25, 0.3) is 0 Å². The van der Waals surface area contributed by atoms with E-state index in [-0.39, 0.29) is 4.90 Å². The van der Waals surface area contributed by atoms with Gasteiger partial charge in [-0.3, -0.25) is 0 Å². The Morgan fingerprint density at radius 1 is 1.05 bits per heavy atom. The topological polar surface area (TPSA) is 88.0 Å². The van der Waals surface area contributed by atoms with Crippen molar-refractivity contribution >= 4 is 26.6 Å². The Bertz CT molecular complexity index is 867. The zero-order valence-corrected chi connectivity index (χ0v) is 12.7. The van der Waals surface area contributed by atoms with E-state index in [1.807, 2.05) is 30.3 Å². The lowest BCUT2D eigenvalue weighted by Gasteiger charge is -2.06. The van der Waals surface area contributed by atoms with Crippen molar-refractivity contribution in [3.63, 3.8) is 0 Å². The molecule has 3 aromatic rings. The Hall–Kier alpha value is -2.31. The molecule has 2 aromatic carbocycles. The highest BCUT2D eigenvalue weighted by Crippen LogP contribution is 2.15. The molecule has 0 aliphatic heterocycles. The Morgan fingerprint density at radius 2 is 1.86 bits per heavy atom. The van der Waals surface area contributed by atoms with Crippen molar-refractivity contribution in [2.45, 2.75) is 11.3 Å². The smallest absolute Gasteiger partial charge is 0.240 e. The van der Waals surface area contributed by atoms with Gasteiger partial charge < -0.3 is 10.7 Å². The monoisotopic (exact) mass is 315 g/mol. The molecule has 0 atom stereocenters. The summed E-state index contributed by atoms with van der Waals surface area (Å²) >= 11 is 0. The lowest BCUT2D eigenvalue weighted by atomic mass is 10.2. The number of rotatable bonds is 5. The van der Waals surface area contributed by atoms with E-state index >= 15 is 0 Å². The van der Waals surface area contributed by atoms with E-state index < -0.39 is 10.0 Å². The number of aromatic nitrogens is 1. The number of para-hydroxylation sites is 1. The molecule has 0 bridgehead atoms. The highest BCUT2D eigenvalue weighted by atomic mass is 32.2. The van der Waals surface area contributed by atoms with E-state index in [9.17, 15) is 8.42 Å². The van der Waals surface area contributed by atoms with Crippen LogP contribution in [0.4, 0.5) is 5.69 Å². The fraction of sp³-hybridized carbons (Fsp3) is 0.125. The van der Waals surface area contributed by atoms with Crippen molar-refractivity contribution in [1.29, 1.82) is 0 Å². The van der Waals surface area contributed by atoms with Crippen LogP contribution in [0.3, 0.4) is 0 Å². The number of anilines is 1. The summed E-state index contributed by atoms with van der Waals surface area (Å²) in [6.45, 7) is 0.323. The summed E-state index contributed by atoms with van der Waals surface area (Å²) in [5.41, 5.74) is 8.10. The maximum atomic E-state index is 12.2. The first-order valence-corrected chi connectivity index (χ1v) is 8.45. The van der Waals surface area contributed by atoms with Crippen LogP contribution in [0.5, 0.6) is 0 Å². The molecule has 3 rings (SSSR count). The average Bonchev–Trinajstić information content (AvgIpc) is 2.89. The van der Waals surface area contributed by atoms with Crippen LogP contribution in [0.1, 0.15) is 5.69 Å². The largest absolute Gasteiger partial charge is 0.399 e. The summed E-state index contributed by atoms with van der Waals surface area (Å²) < 4.78 is 26.9. The molecule has 5 nitrogen and oxygen atoms in total. The minimum absolute atomic E-state index is 0.184. The van der Waals surface area contributed by atoms with Crippen molar-refractivity contribution < 1.29 is 8.42 Å². The van der Waals surface area contributed by atoms with Crippen molar-refractivity contribution in [3.8, 4) is 0 Å². The molecule has 0 saturated carbocycles. The minimum Gasteiger partial charge on any atom is -0.399 e. The Balaban J connectivity index is 1.67. The summed E-state index contributed by atoms with van der Waals surface area (Å²) in [7, 11) is -3.53. The molecule has 114 valence electrons. The van der Waals surface area contributed by atoms with Crippen LogP contribution in [-0.4, -0.2) is 19.9 Å². The van der Waals surface area contributed by atoms with Crippen LogP contribution >= 0.6 is 0 Å². The summed E-state index contributed by atoms with van der Waals surface area (Å²) in [5, 5.41) is 1.12. The van der Waals surface area contributed by atoms with Crippen LogP contribution in [-0.2, 0) is 16.4 Å². The number of aromatic amines is 1. The molecule has 4 N–H and O–H groups in total. The number of fused-ring (bicyclic) bond motifs is 1. The van der Waals surface area contributed by atoms with E-state index in [2.05, 4.69) is 9.71 Å². The van der Waals surface area contributed by atoms with Gasteiger partial charge >= 0.3 is 0 Å². The summed E-state index contributed by atoms with van der Waals surface area (Å²) in [6.07, 6.45) is 0.593. The second kappa shape index (κ2) is 5.82. The van der Waals surface area contributed by atoms with E-state index in [1.165, 1.54) is 12.1 Å². The van der Waals surface area contributed by atoms with Crippen LogP contribution in [0.25, 0.3) is 10.9 Å². The zero-order chi connectivity index (χ0) is 15.6. The number of hydrogen-bond donors (Lipinski definition) is 3. The van der Waals surface area contributed by atoms with Gasteiger partial charge in [0, 0.05) is 29.9 Å². The first-order valence-electron chi connectivity index (χ1n) is 6.96. The van der Waals surface area contributed by atoms with Crippen LogP contribution < -0.4 is 10.5 Å². The quantitative estimate of drug-likeness (QED) is 0.631. The van der Waals surface area contributed by atoms with Gasteiger partial charge in [-0.1, -0.05) is 24.3 Å². The number of sulfonamides is 1. The van der Waals surface area contributed by atoms with Crippen LogP contribution in [0, 0.1) is 0 Å². The number of nitrogens with two attached hydrogens (primary N) is 1. The molecule has 0 saturated heterocycles. The lowest BCUT2D eigenvalue weighted by Crippen LogP contribution is -2.26. The number of benzene rings is 2. The van der Waals surface area contributed by atoms with Gasteiger partial charge in [-0.2, -0.15) is 0 Å². The van der Waals surface area contributed by atoms with Gasteiger partial charge in [0.1, 0.15) is 0 Å². The average molecular weight is 315 g/mol. The van der Waals surface area contributed by atoms with Crippen molar-refractivity contribution in [3.05, 3.63) is 60.3 Å². The van der Waals surface area contributed by atoms with E-state index in [0.717, 1.165) is 16.6 Å². The number of hydrogen-bond acceptors (Lipinski definition) is 3. The zero-order valence-electron chi connectivity index (χ0n) is 11.9. The van der Waals surface area contributed by atoms with Crippen molar-refractivity contribution in [1.82, 2.24) is 9.71 Å². The van der Waals surface area contributed by atoms with Crippen molar-refractivity contribution in [2.75, 3.05) is 12.3 Å². The molecule has 0 radical (unpaired) electrons. The van der Waals surface area contributed by atoms with E-state index in [4.69, 9.17) is 5.73 Å². The maximum Gasteiger partial charge on any atom is 0.240 e. The molecule has 22 heavy (non-hydrogen) atoms. The predicted octanol–water partition coefficient (Wildman–Crippen LogP) is 2.27. The van der Waals surface area contributed by atoms with Gasteiger partial charge in [0.15, 0.2) is 0 Å². The van der Waals surface area contributed by atoms with Crippen LogP contribution in [0.15, 0.2) is 59.5 Å². The first kappa shape index (κ1) is 14.6. The third-order valence-electron chi connectivity index (χ3n) is 3.44. The third-order valence-corrected chi connectivity index (χ3v) is 4.90. The third kappa shape index (κ3) is 3.13. The van der Waals surface area contributed by atoms with Crippen molar-refractivity contribution in [2.24, 2.45) is 0 Å². The fourth-order valence-corrected chi connectivity index (χ4v) is 3.44. The van der Waals surface area contributed by atoms with E-state index in [1.54, 1.807) is 12.1 Å². The maximum absolute atomic E-state index is 12.2. The second-order valence-electron chi connectivity index (χ2n) is 5.10. The molecule has 1 aromatic heterocycles. The number of nitrogens with one attached hydrogen (secondary N) is 2. The second-order valence-corrected chi connectivity index (χ2v) is 6.87. The molecule has 1 heterocycles. The summed E-state index contributed by atoms with van der Waals surface area (Å²) in [6, 6.07) is 16.2. The molecule has 6 heteroatoms. The molecule has 0 aliphatic rings. The highest BCUT2D eigenvalue weighted by molar-refractivity contribution is 7.89. The molecular formula is C16H17N3O2S. The van der Waals surface area contributed by atoms with Crippen LogP contribution in [0.2, 0.25) is 0 Å². The SMILES string of the molecule is Nc1cccc(S(=O)(=O)NCCc2cc3ccccc3[nH]2)c1. The first-order chi connectivity index (χ1) is 10.5. The lowest BCUT2D eigenvalue weighted by molar-refractivity contribution is 0.581. The normalized spacial score (nSPS) is 11.8. The molecule has 0 fully saturated rings. The number of nitrogen functional groups attached to an aromatic ring is 1. The Labute approximate surface area is 129 Å². The van der Waals surface area contributed by atoms with Gasteiger partial charge in [-0.25, -0.2) is 13.1 Å². The molecule has 0 amide bonds. The van der Waals surface area contributed by atoms with Gasteiger partial charge in [-0.15, -0.1) is 0 Å². The Kier molecular flexibility index (Phi) is 3.87. The highest BCUT2D eigenvalue weighted by Gasteiger charge is 2.13. The summed E-state index contributed by atoms with van der Waals surface area (Å²) in [5.74, 6) is 0. The molecule has 0 aliphatic carbocycles. The molecular weight excluding hydrogens is 298 g/mol. The standard InChI is InChI=1S/C16H17N3O2S/c17-13-5-3-6-15(11-13)22(20,21)18-9-8-14-10-12-4-1-2-7-16(12)19-14/h1-7,10-11,18-19H,8-9,17H2. The van der Waals surface area contributed by atoms with Gasteiger partial charge in [0.2, 0.25) is 10.0 Å².